The number of rotatable bonds is 5. The number of hydrogen-bond donors (Lipinski definition) is 1. The summed E-state index contributed by atoms with van der Waals surface area (Å²) in [5, 5.41) is 19.1. The Kier molecular flexibility index (Phi) is 6.01. The molecule has 1 aliphatic rings. The summed E-state index contributed by atoms with van der Waals surface area (Å²) in [5.41, 5.74) is 1.53. The Morgan fingerprint density at radius 2 is 1.68 bits per heavy atom. The Morgan fingerprint density at radius 1 is 0.941 bits per heavy atom. The van der Waals surface area contributed by atoms with Gasteiger partial charge in [0.25, 0.3) is 0 Å². The lowest BCUT2D eigenvalue weighted by molar-refractivity contribution is -0.576. The molecule has 1 N–H and O–H groups in total. The van der Waals surface area contributed by atoms with Crippen molar-refractivity contribution in [3.8, 4) is 17.2 Å². The maximum Gasteiger partial charge on any atom is 0.238 e. The Hall–Kier alpha value is -4.10. The Balaban J connectivity index is 1.59. The minimum Gasteiger partial charge on any atom is -0.867 e. The van der Waals surface area contributed by atoms with Gasteiger partial charge in [0.1, 0.15) is 19.0 Å². The van der Waals surface area contributed by atoms with Gasteiger partial charge in [0.15, 0.2) is 28.9 Å². The second kappa shape index (κ2) is 9.41. The normalized spacial score (nSPS) is 13.2. The first-order valence-corrected chi connectivity index (χ1v) is 11.2. The monoisotopic (exact) mass is 470 g/mol. The molecular formula is C27H22N2O4S. The van der Waals surface area contributed by atoms with Gasteiger partial charge in [-0.15, -0.1) is 0 Å². The van der Waals surface area contributed by atoms with Gasteiger partial charge >= 0.3 is 0 Å². The summed E-state index contributed by atoms with van der Waals surface area (Å²) in [7, 11) is 1.61. The molecule has 0 fully saturated rings. The topological polar surface area (TPSA) is 66.7 Å². The van der Waals surface area contributed by atoms with Crippen molar-refractivity contribution < 1.29 is 23.9 Å². The van der Waals surface area contributed by atoms with E-state index < -0.39 is 0 Å². The van der Waals surface area contributed by atoms with E-state index in [1.54, 1.807) is 29.9 Å². The van der Waals surface area contributed by atoms with Gasteiger partial charge in [0.2, 0.25) is 5.70 Å². The minimum absolute atomic E-state index is 0.233. The lowest BCUT2D eigenvalue weighted by atomic mass is 10.1. The van der Waals surface area contributed by atoms with Gasteiger partial charge in [0, 0.05) is 17.1 Å². The van der Waals surface area contributed by atoms with Crippen LogP contribution in [0.25, 0.3) is 22.2 Å². The quantitative estimate of drug-likeness (QED) is 0.206. The number of nitrogens with zero attached hydrogens (tertiary/aromatic N) is 1. The summed E-state index contributed by atoms with van der Waals surface area (Å²) in [6.45, 7) is 0.929. The molecule has 34 heavy (non-hydrogen) atoms. The molecule has 5 rings (SSSR count). The van der Waals surface area contributed by atoms with Crippen LogP contribution < -0.4 is 29.2 Å². The molecule has 7 heteroatoms. The van der Waals surface area contributed by atoms with E-state index in [0.717, 1.165) is 22.2 Å². The predicted octanol–water partition coefficient (Wildman–Crippen LogP) is 4.03. The first-order chi connectivity index (χ1) is 16.6. The highest BCUT2D eigenvalue weighted by Crippen LogP contribution is 2.33. The van der Waals surface area contributed by atoms with Crippen molar-refractivity contribution in [3.05, 3.63) is 90.8 Å². The van der Waals surface area contributed by atoms with Crippen LogP contribution in [0.2, 0.25) is 0 Å². The van der Waals surface area contributed by atoms with Crippen molar-refractivity contribution in [2.75, 3.05) is 25.6 Å². The van der Waals surface area contributed by atoms with Crippen molar-refractivity contribution in [1.29, 1.82) is 0 Å². The SMILES string of the molecule is COc1ccc(NC(=S)/C(=C(\[O-])c2ccc3c(c2)OCCO3)[n+]2ccc3ccccc3c2)cc1. The number of anilines is 1. The zero-order valence-electron chi connectivity index (χ0n) is 18.5. The lowest BCUT2D eigenvalue weighted by Gasteiger charge is -2.21. The molecule has 0 atom stereocenters. The fourth-order valence-electron chi connectivity index (χ4n) is 3.80. The highest BCUT2D eigenvalue weighted by atomic mass is 32.1. The predicted molar refractivity (Wildman–Crippen MR) is 134 cm³/mol. The van der Waals surface area contributed by atoms with Crippen molar-refractivity contribution in [2.24, 2.45) is 0 Å². The van der Waals surface area contributed by atoms with E-state index in [4.69, 9.17) is 26.4 Å². The van der Waals surface area contributed by atoms with E-state index in [2.05, 4.69) is 5.32 Å². The van der Waals surface area contributed by atoms with Gasteiger partial charge in [-0.2, -0.15) is 4.57 Å². The van der Waals surface area contributed by atoms with Crippen LogP contribution in [0.15, 0.2) is 85.2 Å². The molecule has 1 aliphatic heterocycles. The van der Waals surface area contributed by atoms with E-state index in [1.165, 1.54) is 0 Å². The molecule has 0 saturated heterocycles. The maximum absolute atomic E-state index is 13.8. The number of methoxy groups -OCH3 is 1. The van der Waals surface area contributed by atoms with Gasteiger partial charge in [-0.05, 0) is 59.2 Å². The third-order valence-corrected chi connectivity index (χ3v) is 5.82. The summed E-state index contributed by atoms with van der Waals surface area (Å²) in [5.74, 6) is 1.68. The summed E-state index contributed by atoms with van der Waals surface area (Å²) in [6, 6.07) is 22.5. The van der Waals surface area contributed by atoms with Gasteiger partial charge in [-0.25, -0.2) is 0 Å². The fraction of sp³-hybridized carbons (Fsp3) is 0.111. The van der Waals surface area contributed by atoms with Crippen LogP contribution in [-0.2, 0) is 0 Å². The number of pyridine rings is 1. The van der Waals surface area contributed by atoms with Crippen LogP contribution in [0.5, 0.6) is 17.2 Å². The number of ether oxygens (including phenoxy) is 3. The van der Waals surface area contributed by atoms with Crippen LogP contribution in [0, 0.1) is 0 Å². The molecule has 0 aliphatic carbocycles. The molecular weight excluding hydrogens is 448 g/mol. The van der Waals surface area contributed by atoms with Crippen molar-refractivity contribution in [3.63, 3.8) is 0 Å². The molecule has 0 amide bonds. The molecule has 4 aromatic rings. The number of benzene rings is 3. The number of thiocarbonyl (C=S) groups is 1. The third-order valence-electron chi connectivity index (χ3n) is 5.53. The first kappa shape index (κ1) is 21.7. The average Bonchev–Trinajstić information content (AvgIpc) is 2.89. The van der Waals surface area contributed by atoms with Gasteiger partial charge < -0.3 is 24.6 Å². The zero-order valence-corrected chi connectivity index (χ0v) is 19.3. The van der Waals surface area contributed by atoms with Crippen molar-refractivity contribution >= 4 is 45.1 Å². The number of fused-ring (bicyclic) bond motifs is 2. The van der Waals surface area contributed by atoms with E-state index in [0.29, 0.717) is 41.0 Å². The maximum atomic E-state index is 13.8. The van der Waals surface area contributed by atoms with Crippen molar-refractivity contribution in [2.45, 2.75) is 0 Å². The second-order valence-electron chi connectivity index (χ2n) is 7.70. The largest absolute Gasteiger partial charge is 0.867 e. The van der Waals surface area contributed by atoms with Gasteiger partial charge in [-0.1, -0.05) is 36.5 Å². The highest BCUT2D eigenvalue weighted by Gasteiger charge is 2.21. The van der Waals surface area contributed by atoms with Gasteiger partial charge in [0.05, 0.1) is 7.11 Å². The van der Waals surface area contributed by atoms with Crippen LogP contribution in [0.3, 0.4) is 0 Å². The second-order valence-corrected chi connectivity index (χ2v) is 8.11. The van der Waals surface area contributed by atoms with E-state index in [1.807, 2.05) is 67.0 Å². The summed E-state index contributed by atoms with van der Waals surface area (Å²) >= 11 is 5.74. The molecule has 3 aromatic carbocycles. The summed E-state index contributed by atoms with van der Waals surface area (Å²) in [4.78, 5) is 0.297. The van der Waals surface area contributed by atoms with Crippen LogP contribution in [-0.4, -0.2) is 25.3 Å². The number of hydrogen-bond acceptors (Lipinski definition) is 5. The number of nitrogens with one attached hydrogen (secondary N) is 1. The fourth-order valence-corrected chi connectivity index (χ4v) is 4.11. The smallest absolute Gasteiger partial charge is 0.238 e. The molecule has 0 spiro atoms. The van der Waals surface area contributed by atoms with Crippen LogP contribution in [0.4, 0.5) is 5.69 Å². The molecule has 0 radical (unpaired) electrons. The zero-order chi connectivity index (χ0) is 23.5. The van der Waals surface area contributed by atoms with Gasteiger partial charge in [-0.3, -0.25) is 0 Å². The van der Waals surface area contributed by atoms with E-state index in [9.17, 15) is 5.11 Å². The highest BCUT2D eigenvalue weighted by molar-refractivity contribution is 7.81. The molecule has 0 unspecified atom stereocenters. The molecule has 6 nitrogen and oxygen atoms in total. The van der Waals surface area contributed by atoms with E-state index in [-0.39, 0.29) is 5.76 Å². The van der Waals surface area contributed by atoms with Crippen LogP contribution >= 0.6 is 12.2 Å². The lowest BCUT2D eigenvalue weighted by Crippen LogP contribution is -2.40. The average molecular weight is 471 g/mol. The molecule has 0 bridgehead atoms. The standard InChI is InChI=1S/C27H22N2O4S/c1-31-22-9-7-21(8-10-22)28-27(34)25(29-13-12-18-4-2-3-5-20(18)17-29)26(30)19-6-11-23-24(16-19)33-15-14-32-23/h2-13,16-17H,14-15H2,1H3,(H-,28,30,34). The molecule has 170 valence electrons. The summed E-state index contributed by atoms with van der Waals surface area (Å²) < 4.78 is 18.3. The molecule has 0 saturated carbocycles. The summed E-state index contributed by atoms with van der Waals surface area (Å²) in [6.07, 6.45) is 3.75. The minimum atomic E-state index is -0.233. The van der Waals surface area contributed by atoms with Crippen LogP contribution in [0.1, 0.15) is 5.56 Å². The Bertz CT molecular complexity index is 1400. The number of aromatic nitrogens is 1. The van der Waals surface area contributed by atoms with E-state index >= 15 is 0 Å². The first-order valence-electron chi connectivity index (χ1n) is 10.8. The van der Waals surface area contributed by atoms with Crippen molar-refractivity contribution in [1.82, 2.24) is 0 Å². The molecule has 1 aromatic heterocycles. The Morgan fingerprint density at radius 3 is 2.44 bits per heavy atom. The third kappa shape index (κ3) is 4.38. The molecule has 2 heterocycles. The Labute approximate surface area is 202 Å².